The predicted octanol–water partition coefficient (Wildman–Crippen LogP) is 1.08. The number of nitrogens with zero attached hydrogens (tertiary/aromatic N) is 3. The summed E-state index contributed by atoms with van der Waals surface area (Å²) in [6.07, 6.45) is 5.15. The normalized spacial score (nSPS) is 20.6. The van der Waals surface area contributed by atoms with E-state index in [1.165, 1.54) is 18.3 Å². The lowest BCUT2D eigenvalue weighted by molar-refractivity contribution is -0.117. The third kappa shape index (κ3) is 2.44. The highest BCUT2D eigenvalue weighted by atomic mass is 32.2. The van der Waals surface area contributed by atoms with Crippen LogP contribution in [0.1, 0.15) is 19.8 Å². The number of aromatic hydroxyl groups is 1. The summed E-state index contributed by atoms with van der Waals surface area (Å²) in [5.41, 5.74) is -0.0647. The molecule has 10 heteroatoms. The van der Waals surface area contributed by atoms with Crippen LogP contribution in [-0.4, -0.2) is 35.8 Å². The van der Waals surface area contributed by atoms with E-state index in [0.29, 0.717) is 9.87 Å². The quantitative estimate of drug-likeness (QED) is 0.846. The van der Waals surface area contributed by atoms with E-state index in [-0.39, 0.29) is 11.1 Å². The lowest BCUT2D eigenvalue weighted by Gasteiger charge is -2.18. The van der Waals surface area contributed by atoms with Crippen molar-refractivity contribution in [3.8, 4) is 16.9 Å². The number of nitrogens with one attached hydrogen (secondary N) is 1. The van der Waals surface area contributed by atoms with Crippen molar-refractivity contribution in [3.63, 3.8) is 0 Å². The summed E-state index contributed by atoms with van der Waals surface area (Å²) in [6.45, 7) is 1.45. The van der Waals surface area contributed by atoms with E-state index in [4.69, 9.17) is 0 Å². The number of carbonyl (C=O) groups excluding carboxylic acids is 1. The highest BCUT2D eigenvalue weighted by molar-refractivity contribution is 7.92. The Morgan fingerprint density at radius 1 is 1.36 bits per heavy atom. The van der Waals surface area contributed by atoms with Crippen LogP contribution < -0.4 is 9.03 Å². The van der Waals surface area contributed by atoms with Crippen LogP contribution in [0.2, 0.25) is 0 Å². The Balaban J connectivity index is 1.81. The van der Waals surface area contributed by atoms with Crippen LogP contribution in [0.5, 0.6) is 5.75 Å². The van der Waals surface area contributed by atoms with Crippen molar-refractivity contribution in [3.05, 3.63) is 30.3 Å². The highest BCUT2D eigenvalue weighted by Crippen LogP contribution is 2.44. The molecular formula is C15H15FN4O4S. The second-order valence-corrected chi connectivity index (χ2v) is 8.10. The number of phenols is 1. The maximum absolute atomic E-state index is 15.0. The number of carbonyl (C=O) groups is 1. The van der Waals surface area contributed by atoms with Gasteiger partial charge in [-0.1, -0.05) is 0 Å². The van der Waals surface area contributed by atoms with Gasteiger partial charge in [0.1, 0.15) is 18.0 Å². The maximum Gasteiger partial charge on any atom is 0.326 e. The fourth-order valence-electron chi connectivity index (χ4n) is 2.83. The molecule has 0 atom stereocenters. The van der Waals surface area contributed by atoms with Crippen molar-refractivity contribution in [2.24, 2.45) is 0 Å². The number of hydrogen-bond donors (Lipinski definition) is 2. The molecular weight excluding hydrogens is 351 g/mol. The summed E-state index contributed by atoms with van der Waals surface area (Å²) in [7, 11) is -4.23. The molecule has 25 heavy (non-hydrogen) atoms. The largest absolute Gasteiger partial charge is 0.506 e. The van der Waals surface area contributed by atoms with E-state index in [1.807, 2.05) is 6.92 Å². The molecule has 1 aliphatic carbocycles. The number of anilines is 1. The van der Waals surface area contributed by atoms with Gasteiger partial charge < -0.3 is 5.11 Å². The van der Waals surface area contributed by atoms with Crippen LogP contribution in [0, 0.1) is 5.82 Å². The Morgan fingerprint density at radius 2 is 2.08 bits per heavy atom. The minimum absolute atomic E-state index is 0.0664. The van der Waals surface area contributed by atoms with Gasteiger partial charge in [-0.15, -0.1) is 0 Å². The lowest BCUT2D eigenvalue weighted by atomic mass is 10.1. The van der Waals surface area contributed by atoms with Gasteiger partial charge in [-0.2, -0.15) is 13.5 Å². The molecule has 4 rings (SSSR count). The fourth-order valence-corrected chi connectivity index (χ4v) is 3.99. The molecule has 0 spiro atoms. The molecule has 0 radical (unpaired) electrons. The molecule has 2 fully saturated rings. The maximum atomic E-state index is 15.0. The van der Waals surface area contributed by atoms with Crippen LogP contribution in [-0.2, 0) is 20.5 Å². The minimum atomic E-state index is -4.23. The van der Waals surface area contributed by atoms with E-state index in [2.05, 4.69) is 5.10 Å². The highest BCUT2D eigenvalue weighted by Gasteiger charge is 2.41. The van der Waals surface area contributed by atoms with Crippen molar-refractivity contribution in [1.29, 1.82) is 0 Å². The number of amides is 1. The van der Waals surface area contributed by atoms with Crippen LogP contribution >= 0.6 is 0 Å². The van der Waals surface area contributed by atoms with Gasteiger partial charge in [0.25, 0.3) is 5.91 Å². The van der Waals surface area contributed by atoms with E-state index in [9.17, 15) is 18.3 Å². The third-order valence-electron chi connectivity index (χ3n) is 4.58. The first-order valence-corrected chi connectivity index (χ1v) is 9.06. The minimum Gasteiger partial charge on any atom is -0.506 e. The molecule has 1 saturated carbocycles. The molecule has 0 bridgehead atoms. The van der Waals surface area contributed by atoms with Gasteiger partial charge in [-0.25, -0.2) is 13.4 Å². The van der Waals surface area contributed by atoms with Crippen LogP contribution in [0.4, 0.5) is 10.1 Å². The summed E-state index contributed by atoms with van der Waals surface area (Å²) in [4.78, 5) is 11.4. The summed E-state index contributed by atoms with van der Waals surface area (Å²) in [5.74, 6) is -2.29. The zero-order valence-electron chi connectivity index (χ0n) is 13.2. The van der Waals surface area contributed by atoms with Gasteiger partial charge >= 0.3 is 10.2 Å². The summed E-state index contributed by atoms with van der Waals surface area (Å²) >= 11 is 0. The molecule has 2 aromatic rings. The second-order valence-electron chi connectivity index (χ2n) is 6.50. The third-order valence-corrected chi connectivity index (χ3v) is 5.96. The van der Waals surface area contributed by atoms with Gasteiger partial charge in [0, 0.05) is 17.3 Å². The zero-order valence-corrected chi connectivity index (χ0v) is 14.0. The molecule has 0 unspecified atom stereocenters. The van der Waals surface area contributed by atoms with Crippen molar-refractivity contribution in [2.45, 2.75) is 25.3 Å². The van der Waals surface area contributed by atoms with Gasteiger partial charge in [-0.05, 0) is 31.9 Å². The van der Waals surface area contributed by atoms with Crippen molar-refractivity contribution in [1.82, 2.24) is 14.5 Å². The molecule has 132 valence electrons. The average Bonchev–Trinajstić information content (AvgIpc) is 2.97. The number of aromatic nitrogens is 2. The molecule has 2 N–H and O–H groups in total. The summed E-state index contributed by atoms with van der Waals surface area (Å²) in [5, 5.41) is 14.2. The van der Waals surface area contributed by atoms with Crippen LogP contribution in [0.25, 0.3) is 11.1 Å². The number of benzene rings is 1. The average molecular weight is 366 g/mol. The van der Waals surface area contributed by atoms with Gasteiger partial charge in [0.15, 0.2) is 5.82 Å². The topological polar surface area (TPSA) is 105 Å². The van der Waals surface area contributed by atoms with Gasteiger partial charge in [-0.3, -0.25) is 9.48 Å². The Bertz CT molecular complexity index is 997. The standard InChI is InChI=1S/C15H15FN4O4S/c1-15(4-5-15)20-7-9(6-17-20)10-2-3-11(21)14(13(10)16)19-8-12(22)18-25(19,23)24/h2-3,6-7,21H,4-5,8H2,1H3,(H,18,22). The Morgan fingerprint density at radius 3 is 2.68 bits per heavy atom. The van der Waals surface area contributed by atoms with Crippen molar-refractivity contribution >= 4 is 21.8 Å². The Labute approximate surface area is 143 Å². The van der Waals surface area contributed by atoms with Crippen LogP contribution in [0.3, 0.4) is 0 Å². The SMILES string of the molecule is CC1(n2cc(-c3ccc(O)c(N4CC(=O)NS4(=O)=O)c3F)cn2)CC1. The summed E-state index contributed by atoms with van der Waals surface area (Å²) in [6, 6.07) is 2.55. The molecule has 1 aromatic heterocycles. The molecule has 1 aromatic carbocycles. The summed E-state index contributed by atoms with van der Waals surface area (Å²) < 4.78 is 43.0. The number of rotatable bonds is 3. The first-order chi connectivity index (χ1) is 11.7. The van der Waals surface area contributed by atoms with E-state index in [1.54, 1.807) is 15.6 Å². The van der Waals surface area contributed by atoms with E-state index >= 15 is 4.39 Å². The first kappa shape index (κ1) is 15.9. The van der Waals surface area contributed by atoms with Gasteiger partial charge in [0.2, 0.25) is 0 Å². The number of phenolic OH excluding ortho intramolecular Hbond substituents is 1. The Kier molecular flexibility index (Phi) is 3.14. The van der Waals surface area contributed by atoms with E-state index in [0.717, 1.165) is 12.8 Å². The monoisotopic (exact) mass is 366 g/mol. The lowest BCUT2D eigenvalue weighted by Crippen LogP contribution is -2.30. The zero-order chi connectivity index (χ0) is 18.0. The number of hydrogen-bond acceptors (Lipinski definition) is 5. The van der Waals surface area contributed by atoms with Crippen molar-refractivity contribution < 1.29 is 22.7 Å². The fraction of sp³-hybridized carbons (Fsp3) is 0.333. The molecule has 2 aliphatic rings. The molecule has 1 saturated heterocycles. The first-order valence-electron chi connectivity index (χ1n) is 7.62. The smallest absolute Gasteiger partial charge is 0.326 e. The van der Waals surface area contributed by atoms with E-state index < -0.39 is 39.9 Å². The molecule has 1 aliphatic heterocycles. The molecule has 1 amide bonds. The predicted molar refractivity (Wildman–Crippen MR) is 86.6 cm³/mol. The molecule has 2 heterocycles. The number of halogens is 1. The van der Waals surface area contributed by atoms with Crippen molar-refractivity contribution in [2.75, 3.05) is 10.8 Å². The molecule has 8 nitrogen and oxygen atoms in total. The van der Waals surface area contributed by atoms with Gasteiger partial charge in [0.05, 0.1) is 11.7 Å². The second kappa shape index (κ2) is 4.94. The Hall–Kier alpha value is -2.62. The van der Waals surface area contributed by atoms with Crippen LogP contribution in [0.15, 0.2) is 24.5 Å².